The van der Waals surface area contributed by atoms with Gasteiger partial charge in [-0.2, -0.15) is 0 Å². The summed E-state index contributed by atoms with van der Waals surface area (Å²) < 4.78 is 12.3. The van der Waals surface area contributed by atoms with Crippen molar-refractivity contribution < 1.29 is 14.3 Å². The molecular weight excluding hydrogens is 368 g/mol. The van der Waals surface area contributed by atoms with Crippen LogP contribution in [0.25, 0.3) is 22.2 Å². The van der Waals surface area contributed by atoms with Crippen LogP contribution in [0.2, 0.25) is 0 Å². The molecule has 0 saturated carbocycles. The van der Waals surface area contributed by atoms with E-state index in [1.54, 1.807) is 6.33 Å². The maximum atomic E-state index is 9.57. The summed E-state index contributed by atoms with van der Waals surface area (Å²) in [6.45, 7) is 11.2. The maximum Gasteiger partial charge on any atom is 0.229 e. The monoisotopic (exact) mass is 398 g/mol. The van der Waals surface area contributed by atoms with Crippen LogP contribution in [-0.4, -0.2) is 38.3 Å². The van der Waals surface area contributed by atoms with Crippen LogP contribution in [-0.2, 0) is 24.2 Å². The van der Waals surface area contributed by atoms with Gasteiger partial charge < -0.3 is 19.6 Å². The second-order valence-electron chi connectivity index (χ2n) is 8.95. The third kappa shape index (κ3) is 3.69. The van der Waals surface area contributed by atoms with Crippen molar-refractivity contribution in [1.29, 1.82) is 0 Å². The predicted molar refractivity (Wildman–Crippen MR) is 113 cm³/mol. The first-order chi connectivity index (χ1) is 13.8. The summed E-state index contributed by atoms with van der Waals surface area (Å²) in [4.78, 5) is 13.8. The number of nitrogens with zero attached hydrogens (tertiary/aromatic N) is 3. The molecule has 1 atom stereocenters. The van der Waals surface area contributed by atoms with Gasteiger partial charge in [0.05, 0.1) is 35.9 Å². The summed E-state index contributed by atoms with van der Waals surface area (Å²) in [6.07, 6.45) is 3.98. The van der Waals surface area contributed by atoms with Gasteiger partial charge in [0, 0.05) is 12.0 Å². The lowest BCUT2D eigenvalue weighted by Gasteiger charge is -2.33. The van der Waals surface area contributed by atoms with Gasteiger partial charge in [0.15, 0.2) is 11.4 Å². The van der Waals surface area contributed by atoms with Crippen molar-refractivity contribution >= 4 is 28.0 Å². The number of pyridine rings is 1. The van der Waals surface area contributed by atoms with Crippen LogP contribution in [0, 0.1) is 5.92 Å². The molecule has 156 valence electrons. The molecule has 4 heterocycles. The van der Waals surface area contributed by atoms with Crippen LogP contribution < -0.4 is 5.32 Å². The SMILES string of the molecule is CCC(CO)Nc1ncnc2c1oc1nc(CC(C)C)c3c(c12)CC(C)(C)OC3. The van der Waals surface area contributed by atoms with Crippen molar-refractivity contribution in [2.45, 2.75) is 72.1 Å². The third-order valence-electron chi connectivity index (χ3n) is 5.57. The number of fused-ring (bicyclic) bond motifs is 5. The molecule has 0 aliphatic carbocycles. The average Bonchev–Trinajstić information content (AvgIpc) is 3.04. The van der Waals surface area contributed by atoms with Crippen LogP contribution in [0.5, 0.6) is 0 Å². The van der Waals surface area contributed by atoms with Gasteiger partial charge in [0.1, 0.15) is 11.8 Å². The van der Waals surface area contributed by atoms with Crippen molar-refractivity contribution in [3.05, 3.63) is 23.1 Å². The van der Waals surface area contributed by atoms with E-state index in [1.807, 2.05) is 6.92 Å². The minimum absolute atomic E-state index is 0.0277. The van der Waals surface area contributed by atoms with E-state index in [2.05, 4.69) is 43.0 Å². The average molecular weight is 399 g/mol. The number of anilines is 1. The Balaban J connectivity index is 1.96. The fourth-order valence-electron chi connectivity index (χ4n) is 4.00. The number of nitrogens with one attached hydrogen (secondary N) is 1. The Morgan fingerprint density at radius 3 is 2.72 bits per heavy atom. The fourth-order valence-corrected chi connectivity index (χ4v) is 4.00. The van der Waals surface area contributed by atoms with Gasteiger partial charge in [0.25, 0.3) is 0 Å². The van der Waals surface area contributed by atoms with Gasteiger partial charge in [-0.05, 0) is 38.2 Å². The number of aliphatic hydroxyl groups is 1. The van der Waals surface area contributed by atoms with Crippen LogP contribution in [0.15, 0.2) is 10.7 Å². The zero-order valence-corrected chi connectivity index (χ0v) is 17.9. The Morgan fingerprint density at radius 1 is 1.24 bits per heavy atom. The molecule has 0 aromatic carbocycles. The minimum Gasteiger partial charge on any atom is -0.432 e. The second-order valence-corrected chi connectivity index (χ2v) is 8.95. The quantitative estimate of drug-likeness (QED) is 0.648. The summed E-state index contributed by atoms with van der Waals surface area (Å²) in [7, 11) is 0. The Labute approximate surface area is 170 Å². The van der Waals surface area contributed by atoms with Gasteiger partial charge in [-0.15, -0.1) is 0 Å². The number of aliphatic hydroxyl groups excluding tert-OH is 1. The van der Waals surface area contributed by atoms with E-state index in [1.165, 1.54) is 11.1 Å². The van der Waals surface area contributed by atoms with E-state index in [9.17, 15) is 5.11 Å². The van der Waals surface area contributed by atoms with Gasteiger partial charge in [0.2, 0.25) is 5.71 Å². The minimum atomic E-state index is -0.252. The number of rotatable bonds is 6. The third-order valence-corrected chi connectivity index (χ3v) is 5.57. The summed E-state index contributed by atoms with van der Waals surface area (Å²) in [5.74, 6) is 1.08. The van der Waals surface area contributed by atoms with E-state index in [0.29, 0.717) is 29.6 Å². The van der Waals surface area contributed by atoms with E-state index in [4.69, 9.17) is 14.1 Å². The van der Waals surface area contributed by atoms with Gasteiger partial charge in [-0.25, -0.2) is 15.0 Å². The highest BCUT2D eigenvalue weighted by Crippen LogP contribution is 2.39. The maximum absolute atomic E-state index is 9.57. The lowest BCUT2D eigenvalue weighted by atomic mass is 9.88. The molecule has 1 aliphatic heterocycles. The molecule has 4 rings (SSSR count). The highest BCUT2D eigenvalue weighted by atomic mass is 16.5. The van der Waals surface area contributed by atoms with E-state index >= 15 is 0 Å². The molecule has 2 N–H and O–H groups in total. The van der Waals surface area contributed by atoms with Gasteiger partial charge in [-0.3, -0.25) is 0 Å². The lowest BCUT2D eigenvalue weighted by molar-refractivity contribution is -0.0402. The molecule has 29 heavy (non-hydrogen) atoms. The molecule has 1 unspecified atom stereocenters. The topological polar surface area (TPSA) is 93.3 Å². The van der Waals surface area contributed by atoms with Crippen molar-refractivity contribution in [3.63, 3.8) is 0 Å². The Morgan fingerprint density at radius 2 is 2.03 bits per heavy atom. The predicted octanol–water partition coefficient (Wildman–Crippen LogP) is 4.00. The molecule has 7 nitrogen and oxygen atoms in total. The second kappa shape index (κ2) is 7.54. The Hall–Kier alpha value is -2.25. The molecule has 3 aromatic heterocycles. The highest BCUT2D eigenvalue weighted by molar-refractivity contribution is 6.06. The Bertz CT molecular complexity index is 1040. The lowest BCUT2D eigenvalue weighted by Crippen LogP contribution is -2.33. The summed E-state index contributed by atoms with van der Waals surface area (Å²) in [6, 6.07) is -0.0907. The molecule has 3 aromatic rings. The van der Waals surface area contributed by atoms with E-state index < -0.39 is 0 Å². The van der Waals surface area contributed by atoms with Crippen molar-refractivity contribution in [3.8, 4) is 0 Å². The van der Waals surface area contributed by atoms with Crippen molar-refractivity contribution in [2.24, 2.45) is 5.92 Å². The zero-order chi connectivity index (χ0) is 20.8. The van der Waals surface area contributed by atoms with Crippen LogP contribution in [0.1, 0.15) is 57.9 Å². The molecule has 0 radical (unpaired) electrons. The van der Waals surface area contributed by atoms with Gasteiger partial charge >= 0.3 is 0 Å². The van der Waals surface area contributed by atoms with Crippen molar-refractivity contribution in [1.82, 2.24) is 15.0 Å². The van der Waals surface area contributed by atoms with Crippen LogP contribution >= 0.6 is 0 Å². The first-order valence-electron chi connectivity index (χ1n) is 10.4. The molecule has 0 spiro atoms. The number of aromatic nitrogens is 3. The van der Waals surface area contributed by atoms with E-state index in [0.717, 1.165) is 35.9 Å². The van der Waals surface area contributed by atoms with Crippen LogP contribution in [0.3, 0.4) is 0 Å². The molecule has 0 bridgehead atoms. The molecule has 0 fully saturated rings. The highest BCUT2D eigenvalue weighted by Gasteiger charge is 2.32. The standard InChI is InChI=1S/C22H30N4O3/c1-6-13(9-27)25-20-19-18(23-11-24-20)17-14-8-22(4,5)28-10-15(14)16(7-12(2)3)26-21(17)29-19/h11-13,27H,6-10H2,1-5H3,(H,23,24,25). The zero-order valence-electron chi connectivity index (χ0n) is 17.9. The first kappa shape index (κ1) is 20.0. The normalized spacial score (nSPS) is 17.1. The molecule has 1 aliphatic rings. The number of hydrogen-bond donors (Lipinski definition) is 2. The molecule has 7 heteroatoms. The summed E-state index contributed by atoms with van der Waals surface area (Å²) >= 11 is 0. The van der Waals surface area contributed by atoms with E-state index in [-0.39, 0.29) is 18.2 Å². The summed E-state index contributed by atoms with van der Waals surface area (Å²) in [5.41, 5.74) is 5.15. The number of hydrogen-bond acceptors (Lipinski definition) is 7. The molecule has 0 saturated heterocycles. The molecular formula is C22H30N4O3. The van der Waals surface area contributed by atoms with Gasteiger partial charge in [-0.1, -0.05) is 20.8 Å². The number of ether oxygens (including phenoxy) is 1. The molecule has 0 amide bonds. The van der Waals surface area contributed by atoms with Crippen LogP contribution in [0.4, 0.5) is 5.82 Å². The fraction of sp³-hybridized carbons (Fsp3) is 0.591. The first-order valence-corrected chi connectivity index (χ1v) is 10.4. The number of furan rings is 1. The summed E-state index contributed by atoms with van der Waals surface area (Å²) in [5, 5.41) is 13.8. The smallest absolute Gasteiger partial charge is 0.229 e. The Kier molecular flexibility index (Phi) is 5.21. The van der Waals surface area contributed by atoms with Crippen molar-refractivity contribution in [2.75, 3.05) is 11.9 Å². The largest absolute Gasteiger partial charge is 0.432 e.